The van der Waals surface area contributed by atoms with Gasteiger partial charge in [-0.1, -0.05) is 6.07 Å². The van der Waals surface area contributed by atoms with Crippen molar-refractivity contribution in [2.75, 3.05) is 33.8 Å². The van der Waals surface area contributed by atoms with Gasteiger partial charge < -0.3 is 29.6 Å². The first-order valence-electron chi connectivity index (χ1n) is 7.59. The van der Waals surface area contributed by atoms with Crippen molar-refractivity contribution in [2.45, 2.75) is 6.54 Å². The lowest BCUT2D eigenvalue weighted by Crippen LogP contribution is -2.28. The molecular formula is C18H22N2O5. The molecule has 0 atom stereocenters. The maximum atomic E-state index is 12.1. The summed E-state index contributed by atoms with van der Waals surface area (Å²) in [7, 11) is 6.24. The van der Waals surface area contributed by atoms with E-state index in [2.05, 4.69) is 10.6 Å². The molecule has 0 saturated carbocycles. The minimum absolute atomic E-state index is 0.338. The summed E-state index contributed by atoms with van der Waals surface area (Å²) in [6.45, 7) is 0.338. The van der Waals surface area contributed by atoms with Crippen molar-refractivity contribution in [1.29, 1.82) is 0 Å². The van der Waals surface area contributed by atoms with Gasteiger partial charge in [-0.25, -0.2) is 4.79 Å². The van der Waals surface area contributed by atoms with Crippen molar-refractivity contribution in [3.8, 4) is 23.0 Å². The number of benzene rings is 2. The van der Waals surface area contributed by atoms with Gasteiger partial charge in [0.2, 0.25) is 0 Å². The van der Waals surface area contributed by atoms with Gasteiger partial charge in [-0.05, 0) is 29.8 Å². The highest BCUT2D eigenvalue weighted by Gasteiger charge is 2.10. The molecule has 2 aromatic rings. The normalized spacial score (nSPS) is 9.92. The molecule has 134 valence electrons. The van der Waals surface area contributed by atoms with Gasteiger partial charge in [0.1, 0.15) is 11.5 Å². The number of carbonyl (C=O) groups excluding carboxylic acids is 1. The van der Waals surface area contributed by atoms with Crippen LogP contribution in [0.3, 0.4) is 0 Å². The molecular weight excluding hydrogens is 324 g/mol. The predicted octanol–water partition coefficient (Wildman–Crippen LogP) is 3.04. The van der Waals surface area contributed by atoms with Crippen LogP contribution in [0.2, 0.25) is 0 Å². The van der Waals surface area contributed by atoms with Gasteiger partial charge in [-0.3, -0.25) is 0 Å². The van der Waals surface area contributed by atoms with Gasteiger partial charge in [0.25, 0.3) is 0 Å². The molecule has 25 heavy (non-hydrogen) atoms. The zero-order valence-corrected chi connectivity index (χ0v) is 14.7. The fourth-order valence-corrected chi connectivity index (χ4v) is 2.24. The van der Waals surface area contributed by atoms with Gasteiger partial charge in [0.15, 0.2) is 11.5 Å². The van der Waals surface area contributed by atoms with Gasteiger partial charge in [-0.15, -0.1) is 0 Å². The second-order valence-electron chi connectivity index (χ2n) is 5.06. The summed E-state index contributed by atoms with van der Waals surface area (Å²) in [4.78, 5) is 12.1. The highest BCUT2D eigenvalue weighted by molar-refractivity contribution is 5.91. The van der Waals surface area contributed by atoms with E-state index < -0.39 is 0 Å². The third kappa shape index (κ3) is 4.69. The maximum absolute atomic E-state index is 12.1. The third-order valence-corrected chi connectivity index (χ3v) is 3.56. The monoisotopic (exact) mass is 346 g/mol. The highest BCUT2D eigenvalue weighted by atomic mass is 16.5. The molecule has 2 N–H and O–H groups in total. The average Bonchev–Trinajstić information content (AvgIpc) is 2.66. The van der Waals surface area contributed by atoms with E-state index in [0.717, 1.165) is 5.56 Å². The fraction of sp³-hybridized carbons (Fsp3) is 0.278. The summed E-state index contributed by atoms with van der Waals surface area (Å²) in [6.07, 6.45) is 0. The lowest BCUT2D eigenvalue weighted by molar-refractivity contribution is 0.251. The van der Waals surface area contributed by atoms with Crippen molar-refractivity contribution in [3.63, 3.8) is 0 Å². The Morgan fingerprint density at radius 3 is 2.20 bits per heavy atom. The van der Waals surface area contributed by atoms with Crippen molar-refractivity contribution < 1.29 is 23.7 Å². The number of urea groups is 1. The largest absolute Gasteiger partial charge is 0.497 e. The molecule has 2 aromatic carbocycles. The van der Waals surface area contributed by atoms with E-state index in [1.807, 2.05) is 12.1 Å². The molecule has 0 spiro atoms. The molecule has 0 aromatic heterocycles. The first-order valence-corrected chi connectivity index (χ1v) is 7.59. The van der Waals surface area contributed by atoms with E-state index in [-0.39, 0.29) is 6.03 Å². The predicted molar refractivity (Wildman–Crippen MR) is 95.0 cm³/mol. The molecule has 0 unspecified atom stereocenters. The lowest BCUT2D eigenvalue weighted by Gasteiger charge is -2.13. The molecule has 0 heterocycles. The third-order valence-electron chi connectivity index (χ3n) is 3.56. The summed E-state index contributed by atoms with van der Waals surface area (Å²) in [5.74, 6) is 2.41. The van der Waals surface area contributed by atoms with Crippen molar-refractivity contribution in [3.05, 3.63) is 42.0 Å². The second-order valence-corrected chi connectivity index (χ2v) is 5.06. The van der Waals surface area contributed by atoms with Crippen LogP contribution in [0.4, 0.5) is 10.5 Å². The van der Waals surface area contributed by atoms with E-state index in [0.29, 0.717) is 35.2 Å². The molecule has 7 nitrogen and oxygen atoms in total. The van der Waals surface area contributed by atoms with E-state index in [1.54, 1.807) is 45.6 Å². The van der Waals surface area contributed by atoms with Crippen LogP contribution in [0.1, 0.15) is 5.56 Å². The zero-order chi connectivity index (χ0) is 18.2. The van der Waals surface area contributed by atoms with Gasteiger partial charge in [0, 0.05) is 12.6 Å². The minimum atomic E-state index is -0.349. The number of hydrogen-bond acceptors (Lipinski definition) is 5. The second kappa shape index (κ2) is 8.68. The first-order chi connectivity index (χ1) is 12.1. The minimum Gasteiger partial charge on any atom is -0.497 e. The SMILES string of the molecule is COc1ccc(NC(=O)NCc2ccc(OC)c(OC)c2)c(OC)c1. The number of methoxy groups -OCH3 is 4. The summed E-state index contributed by atoms with van der Waals surface area (Å²) in [5, 5.41) is 5.53. The van der Waals surface area contributed by atoms with Crippen LogP contribution in [0, 0.1) is 0 Å². The average molecular weight is 346 g/mol. The lowest BCUT2D eigenvalue weighted by atomic mass is 10.2. The van der Waals surface area contributed by atoms with Crippen molar-refractivity contribution in [1.82, 2.24) is 5.32 Å². The summed E-state index contributed by atoms with van der Waals surface area (Å²) < 4.78 is 20.8. The Balaban J connectivity index is 1.99. The number of rotatable bonds is 7. The molecule has 2 amide bonds. The van der Waals surface area contributed by atoms with Gasteiger partial charge in [0.05, 0.1) is 34.1 Å². The van der Waals surface area contributed by atoms with Gasteiger partial charge >= 0.3 is 6.03 Å². The number of anilines is 1. The van der Waals surface area contributed by atoms with Crippen molar-refractivity contribution in [2.24, 2.45) is 0 Å². The summed E-state index contributed by atoms with van der Waals surface area (Å²) in [5.41, 5.74) is 1.43. The van der Waals surface area contributed by atoms with E-state index >= 15 is 0 Å². The number of carbonyl (C=O) groups is 1. The Morgan fingerprint density at radius 1 is 0.840 bits per heavy atom. The molecule has 0 aliphatic rings. The topological polar surface area (TPSA) is 78.1 Å². The molecule has 0 fully saturated rings. The van der Waals surface area contributed by atoms with Gasteiger partial charge in [-0.2, -0.15) is 0 Å². The summed E-state index contributed by atoms with van der Waals surface area (Å²) >= 11 is 0. The van der Waals surface area contributed by atoms with Crippen LogP contribution in [0.25, 0.3) is 0 Å². The number of ether oxygens (including phenoxy) is 4. The molecule has 0 saturated heterocycles. The Hall–Kier alpha value is -3.09. The number of hydrogen-bond donors (Lipinski definition) is 2. The fourth-order valence-electron chi connectivity index (χ4n) is 2.24. The number of nitrogens with one attached hydrogen (secondary N) is 2. The Kier molecular flexibility index (Phi) is 6.33. The van der Waals surface area contributed by atoms with Crippen LogP contribution >= 0.6 is 0 Å². The van der Waals surface area contributed by atoms with Crippen LogP contribution in [0.15, 0.2) is 36.4 Å². The van der Waals surface area contributed by atoms with Crippen molar-refractivity contribution >= 4 is 11.7 Å². The molecule has 0 radical (unpaired) electrons. The molecule has 2 rings (SSSR count). The summed E-state index contributed by atoms with van der Waals surface area (Å²) in [6, 6.07) is 10.3. The quantitative estimate of drug-likeness (QED) is 0.806. The molecule has 0 aliphatic heterocycles. The van der Waals surface area contributed by atoms with E-state index in [1.165, 1.54) is 7.11 Å². The van der Waals surface area contributed by atoms with Crippen LogP contribution in [0.5, 0.6) is 23.0 Å². The maximum Gasteiger partial charge on any atom is 0.319 e. The Bertz CT molecular complexity index is 733. The van der Waals surface area contributed by atoms with Crippen LogP contribution in [-0.2, 0) is 6.54 Å². The Morgan fingerprint density at radius 2 is 1.56 bits per heavy atom. The Labute approximate surface area is 146 Å². The van der Waals surface area contributed by atoms with E-state index in [4.69, 9.17) is 18.9 Å². The number of amides is 2. The molecule has 7 heteroatoms. The molecule has 0 bridgehead atoms. The van der Waals surface area contributed by atoms with Crippen LogP contribution in [-0.4, -0.2) is 34.5 Å². The first kappa shape index (κ1) is 18.3. The zero-order valence-electron chi connectivity index (χ0n) is 14.7. The smallest absolute Gasteiger partial charge is 0.319 e. The molecule has 0 aliphatic carbocycles. The highest BCUT2D eigenvalue weighted by Crippen LogP contribution is 2.29. The van der Waals surface area contributed by atoms with Crippen LogP contribution < -0.4 is 29.6 Å². The van der Waals surface area contributed by atoms with E-state index in [9.17, 15) is 4.79 Å². The standard InChI is InChI=1S/C18H22N2O5/c1-22-13-6-7-14(16(10-13)24-3)20-18(21)19-11-12-5-8-15(23-2)17(9-12)25-4/h5-10H,11H2,1-4H3,(H2,19,20,21).